The first-order valence-electron chi connectivity index (χ1n) is 6.31. The molecule has 1 aromatic carbocycles. The molecule has 0 unspecified atom stereocenters. The number of aromatic carboxylic acids is 1. The van der Waals surface area contributed by atoms with E-state index in [2.05, 4.69) is 10.3 Å². The summed E-state index contributed by atoms with van der Waals surface area (Å²) in [6.45, 7) is 4.82. The van der Waals surface area contributed by atoms with E-state index >= 15 is 0 Å². The number of hydrogen-bond donors (Lipinski definition) is 3. The molecule has 2 aromatic rings. The van der Waals surface area contributed by atoms with Gasteiger partial charge in [0.2, 0.25) is 0 Å². The minimum atomic E-state index is -1.14. The number of carboxylic acids is 1. The lowest BCUT2D eigenvalue weighted by molar-refractivity contribution is 0.0690. The average Bonchev–Trinajstić information content (AvgIpc) is 2.69. The number of anilines is 1. The summed E-state index contributed by atoms with van der Waals surface area (Å²) in [5.74, 6) is -2.22. The maximum absolute atomic E-state index is 13.7. The van der Waals surface area contributed by atoms with Gasteiger partial charge < -0.3 is 15.4 Å². The molecule has 3 N–H and O–H groups in total. The third-order valence-electron chi connectivity index (χ3n) is 3.34. The van der Waals surface area contributed by atoms with Crippen LogP contribution in [0, 0.1) is 26.6 Å². The molecule has 0 aliphatic carbocycles. The van der Waals surface area contributed by atoms with Gasteiger partial charge in [-0.3, -0.25) is 4.79 Å². The number of carboxylic acid groups (broad SMARTS) is 1. The van der Waals surface area contributed by atoms with Crippen LogP contribution in [0.5, 0.6) is 0 Å². The van der Waals surface area contributed by atoms with Crippen molar-refractivity contribution in [2.24, 2.45) is 0 Å². The maximum atomic E-state index is 13.7. The Hall–Kier alpha value is -2.63. The smallest absolute Gasteiger partial charge is 0.352 e. The van der Waals surface area contributed by atoms with Crippen molar-refractivity contribution in [1.29, 1.82) is 0 Å². The largest absolute Gasteiger partial charge is 0.477 e. The van der Waals surface area contributed by atoms with E-state index in [0.717, 1.165) is 0 Å². The average molecular weight is 290 g/mol. The van der Waals surface area contributed by atoms with Crippen molar-refractivity contribution in [3.63, 3.8) is 0 Å². The zero-order valence-corrected chi connectivity index (χ0v) is 11.9. The number of aromatic nitrogens is 1. The van der Waals surface area contributed by atoms with Gasteiger partial charge in [-0.2, -0.15) is 0 Å². The van der Waals surface area contributed by atoms with E-state index in [9.17, 15) is 14.0 Å². The minimum absolute atomic E-state index is 0.0390. The Morgan fingerprint density at radius 1 is 1.24 bits per heavy atom. The number of para-hydroxylation sites is 1. The van der Waals surface area contributed by atoms with Crippen LogP contribution in [-0.2, 0) is 0 Å². The van der Waals surface area contributed by atoms with Crippen molar-refractivity contribution >= 4 is 17.6 Å². The Balaban J connectivity index is 2.40. The number of aryl methyl sites for hydroxylation is 2. The van der Waals surface area contributed by atoms with Crippen LogP contribution < -0.4 is 5.32 Å². The first kappa shape index (κ1) is 14.8. The van der Waals surface area contributed by atoms with Crippen molar-refractivity contribution in [3.05, 3.63) is 52.1 Å². The molecule has 1 amide bonds. The van der Waals surface area contributed by atoms with E-state index < -0.39 is 17.7 Å². The summed E-state index contributed by atoms with van der Waals surface area (Å²) in [6, 6.07) is 4.48. The number of benzene rings is 1. The Labute approximate surface area is 120 Å². The fraction of sp³-hybridized carbons (Fsp3) is 0.200. The molecule has 0 atom stereocenters. The normalized spacial score (nSPS) is 10.5. The van der Waals surface area contributed by atoms with E-state index in [0.29, 0.717) is 16.8 Å². The summed E-state index contributed by atoms with van der Waals surface area (Å²) in [7, 11) is 0. The molecule has 0 radical (unpaired) electrons. The molecular weight excluding hydrogens is 275 g/mol. The van der Waals surface area contributed by atoms with E-state index in [1.54, 1.807) is 26.0 Å². The van der Waals surface area contributed by atoms with Gasteiger partial charge in [0.25, 0.3) is 5.91 Å². The van der Waals surface area contributed by atoms with Crippen LogP contribution in [0.1, 0.15) is 37.7 Å². The van der Waals surface area contributed by atoms with Crippen molar-refractivity contribution in [2.75, 3.05) is 5.32 Å². The lowest BCUT2D eigenvalue weighted by atomic mass is 10.1. The standard InChI is InChI=1S/C15H15FN2O3/c1-7-5-4-6-10(16)12(7)18-14(19)11-8(2)13(15(20)21)17-9(11)3/h4-6,17H,1-3H3,(H,18,19)(H,20,21). The first-order valence-corrected chi connectivity index (χ1v) is 6.31. The first-order chi connectivity index (χ1) is 9.82. The predicted octanol–water partition coefficient (Wildman–Crippen LogP) is 3.03. The predicted molar refractivity (Wildman–Crippen MR) is 76.3 cm³/mol. The Morgan fingerprint density at radius 2 is 1.90 bits per heavy atom. The lowest BCUT2D eigenvalue weighted by Gasteiger charge is -2.10. The molecule has 21 heavy (non-hydrogen) atoms. The highest BCUT2D eigenvalue weighted by Gasteiger charge is 2.22. The maximum Gasteiger partial charge on any atom is 0.352 e. The van der Waals surface area contributed by atoms with E-state index in [1.165, 1.54) is 13.0 Å². The Morgan fingerprint density at radius 3 is 2.43 bits per heavy atom. The molecule has 1 aromatic heterocycles. The summed E-state index contributed by atoms with van der Waals surface area (Å²) in [6.07, 6.45) is 0. The van der Waals surface area contributed by atoms with E-state index in [-0.39, 0.29) is 16.9 Å². The molecule has 110 valence electrons. The monoisotopic (exact) mass is 290 g/mol. The molecule has 0 bridgehead atoms. The Kier molecular flexibility index (Phi) is 3.80. The second-order valence-electron chi connectivity index (χ2n) is 4.82. The van der Waals surface area contributed by atoms with Crippen molar-refractivity contribution in [1.82, 2.24) is 4.98 Å². The van der Waals surface area contributed by atoms with Gasteiger partial charge in [-0.1, -0.05) is 12.1 Å². The number of amides is 1. The third kappa shape index (κ3) is 2.65. The molecule has 1 heterocycles. The summed E-state index contributed by atoms with van der Waals surface area (Å²) in [4.78, 5) is 26.0. The van der Waals surface area contributed by atoms with Gasteiger partial charge in [0.05, 0.1) is 11.3 Å². The van der Waals surface area contributed by atoms with Gasteiger partial charge in [0.15, 0.2) is 0 Å². The van der Waals surface area contributed by atoms with E-state index in [1.807, 2.05) is 0 Å². The molecule has 0 fully saturated rings. The molecule has 0 saturated carbocycles. The summed E-state index contributed by atoms with van der Waals surface area (Å²) >= 11 is 0. The molecule has 0 aliphatic rings. The molecule has 0 saturated heterocycles. The highest BCUT2D eigenvalue weighted by atomic mass is 19.1. The third-order valence-corrected chi connectivity index (χ3v) is 3.34. The van der Waals surface area contributed by atoms with Crippen LogP contribution >= 0.6 is 0 Å². The number of carbonyl (C=O) groups excluding carboxylic acids is 1. The second-order valence-corrected chi connectivity index (χ2v) is 4.82. The van der Waals surface area contributed by atoms with Crippen LogP contribution in [-0.4, -0.2) is 22.0 Å². The van der Waals surface area contributed by atoms with Gasteiger partial charge in [-0.15, -0.1) is 0 Å². The zero-order chi connectivity index (χ0) is 15.7. The number of aromatic amines is 1. The SMILES string of the molecule is Cc1cccc(F)c1NC(=O)c1c(C)[nH]c(C(=O)O)c1C. The van der Waals surface area contributed by atoms with Gasteiger partial charge >= 0.3 is 5.97 Å². The van der Waals surface area contributed by atoms with Gasteiger partial charge in [-0.05, 0) is 38.0 Å². The molecule has 5 nitrogen and oxygen atoms in total. The molecule has 2 rings (SSSR count). The molecule has 0 aliphatic heterocycles. The van der Waals surface area contributed by atoms with Crippen molar-refractivity contribution in [3.8, 4) is 0 Å². The summed E-state index contributed by atoms with van der Waals surface area (Å²) < 4.78 is 13.7. The van der Waals surface area contributed by atoms with Crippen molar-refractivity contribution in [2.45, 2.75) is 20.8 Å². The van der Waals surface area contributed by atoms with Gasteiger partial charge in [-0.25, -0.2) is 9.18 Å². The minimum Gasteiger partial charge on any atom is -0.477 e. The summed E-state index contributed by atoms with van der Waals surface area (Å²) in [5, 5.41) is 11.5. The number of nitrogens with one attached hydrogen (secondary N) is 2. The molecule has 0 spiro atoms. The highest BCUT2D eigenvalue weighted by Crippen LogP contribution is 2.23. The quantitative estimate of drug-likeness (QED) is 0.812. The van der Waals surface area contributed by atoms with E-state index in [4.69, 9.17) is 5.11 Å². The summed E-state index contributed by atoms with van der Waals surface area (Å²) in [5.41, 5.74) is 1.62. The van der Waals surface area contributed by atoms with Crippen LogP contribution in [0.4, 0.5) is 10.1 Å². The second kappa shape index (κ2) is 5.40. The van der Waals surface area contributed by atoms with Crippen LogP contribution in [0.25, 0.3) is 0 Å². The fourth-order valence-corrected chi connectivity index (χ4v) is 2.27. The molecule has 6 heteroatoms. The highest BCUT2D eigenvalue weighted by molar-refractivity contribution is 6.08. The van der Waals surface area contributed by atoms with Crippen LogP contribution in [0.3, 0.4) is 0 Å². The fourth-order valence-electron chi connectivity index (χ4n) is 2.27. The van der Waals surface area contributed by atoms with Gasteiger partial charge in [0, 0.05) is 5.69 Å². The topological polar surface area (TPSA) is 82.2 Å². The number of rotatable bonds is 3. The number of halogens is 1. The van der Waals surface area contributed by atoms with Gasteiger partial charge in [0.1, 0.15) is 11.5 Å². The van der Waals surface area contributed by atoms with Crippen LogP contribution in [0.2, 0.25) is 0 Å². The number of H-pyrrole nitrogens is 1. The number of hydrogen-bond acceptors (Lipinski definition) is 2. The Bertz CT molecular complexity index is 715. The number of carbonyl (C=O) groups is 2. The molecular formula is C15H15FN2O3. The lowest BCUT2D eigenvalue weighted by Crippen LogP contribution is -2.15. The van der Waals surface area contributed by atoms with Crippen molar-refractivity contribution < 1.29 is 19.1 Å². The zero-order valence-electron chi connectivity index (χ0n) is 11.9. The van der Waals surface area contributed by atoms with Crippen LogP contribution in [0.15, 0.2) is 18.2 Å².